The topological polar surface area (TPSA) is 129 Å². The van der Waals surface area contributed by atoms with Gasteiger partial charge >= 0.3 is 6.18 Å². The number of nitrogens with zero attached hydrogens (tertiary/aromatic N) is 3. The Bertz CT molecular complexity index is 2360. The highest BCUT2D eigenvalue weighted by molar-refractivity contribution is 6.33. The van der Waals surface area contributed by atoms with E-state index in [0.717, 1.165) is 15.5 Å². The van der Waals surface area contributed by atoms with E-state index in [-0.39, 0.29) is 31.9 Å². The molecule has 3 heterocycles. The molecule has 3 aromatic carbocycles. The van der Waals surface area contributed by atoms with Crippen molar-refractivity contribution in [1.29, 1.82) is 0 Å². The van der Waals surface area contributed by atoms with Gasteiger partial charge in [-0.2, -0.15) is 18.2 Å². The second-order valence-electron chi connectivity index (χ2n) is 14.5. The van der Waals surface area contributed by atoms with Gasteiger partial charge in [-0.25, -0.2) is 9.88 Å². The molecule has 10 nitrogen and oxygen atoms in total. The molecule has 8 rings (SSSR count). The number of aryl methyl sites for hydroxylation is 1. The van der Waals surface area contributed by atoms with Crippen LogP contribution in [-0.4, -0.2) is 51.9 Å². The molecule has 6 atom stereocenters. The molecule has 3 fully saturated rings. The number of fused-ring (bicyclic) bond motifs is 4. The van der Waals surface area contributed by atoms with Gasteiger partial charge in [0.05, 0.1) is 46.0 Å². The lowest BCUT2D eigenvalue weighted by molar-refractivity contribution is -0.139. The summed E-state index contributed by atoms with van der Waals surface area (Å²) in [6.45, 7) is 1.61. The van der Waals surface area contributed by atoms with Crippen LogP contribution in [0.5, 0.6) is 5.75 Å². The molecule has 16 heteroatoms. The van der Waals surface area contributed by atoms with Crippen LogP contribution in [0.2, 0.25) is 15.1 Å². The van der Waals surface area contributed by atoms with Gasteiger partial charge in [0.2, 0.25) is 11.8 Å². The third kappa shape index (κ3) is 6.26. The van der Waals surface area contributed by atoms with Crippen LogP contribution in [0.15, 0.2) is 90.6 Å². The number of aromatic nitrogens is 1. The zero-order valence-corrected chi connectivity index (χ0v) is 32.2. The van der Waals surface area contributed by atoms with Gasteiger partial charge in [-0.05, 0) is 84.8 Å². The van der Waals surface area contributed by atoms with Crippen LogP contribution in [0.4, 0.5) is 24.7 Å². The minimum atomic E-state index is -4.75. The SMILES string of the molecule is Cc1ccc(N2C(=O)[C@H]3[C@H](CC=C4[C@H]3C[C@H]3C(=O)N(Nc5ncc(C(F)(F)F)cc5Cl)C(=O)[C@@]3(c3ccc(Cl)cc3)[C@H]4c3ccc(OCCO)cc3)C2=O)cc1Cl. The van der Waals surface area contributed by atoms with Crippen LogP contribution in [0.3, 0.4) is 0 Å². The number of halogens is 6. The van der Waals surface area contributed by atoms with E-state index in [1.54, 1.807) is 73.7 Å². The van der Waals surface area contributed by atoms with Crippen molar-refractivity contribution in [2.45, 2.75) is 37.3 Å². The summed E-state index contributed by atoms with van der Waals surface area (Å²) in [4.78, 5) is 63.9. The van der Waals surface area contributed by atoms with Gasteiger partial charge in [-0.15, -0.1) is 0 Å². The largest absolute Gasteiger partial charge is 0.491 e. The molecule has 2 aliphatic heterocycles. The van der Waals surface area contributed by atoms with Crippen LogP contribution in [0, 0.1) is 30.6 Å². The number of allylic oxidation sites excluding steroid dienone is 2. The highest BCUT2D eigenvalue weighted by Crippen LogP contribution is 2.64. The molecule has 4 amide bonds. The maximum absolute atomic E-state index is 15.3. The van der Waals surface area contributed by atoms with E-state index in [9.17, 15) is 32.7 Å². The highest BCUT2D eigenvalue weighted by Gasteiger charge is 2.70. The molecule has 2 saturated heterocycles. The molecule has 0 unspecified atom stereocenters. The van der Waals surface area contributed by atoms with Crippen molar-refractivity contribution in [3.05, 3.63) is 128 Å². The smallest absolute Gasteiger partial charge is 0.417 e. The molecular formula is C41H32Cl3F3N4O6. The number of carbonyl (C=O) groups excluding carboxylic acids is 4. The summed E-state index contributed by atoms with van der Waals surface area (Å²) in [5.41, 5.74) is 2.55. The van der Waals surface area contributed by atoms with Gasteiger partial charge in [0, 0.05) is 22.2 Å². The average Bonchev–Trinajstić information content (AvgIpc) is 3.56. The Morgan fingerprint density at radius 2 is 1.63 bits per heavy atom. The van der Waals surface area contributed by atoms with Gasteiger partial charge < -0.3 is 9.84 Å². The number of aliphatic hydroxyl groups is 1. The van der Waals surface area contributed by atoms with Crippen LogP contribution < -0.4 is 15.1 Å². The Kier molecular flexibility index (Phi) is 9.87. The molecule has 57 heavy (non-hydrogen) atoms. The standard InChI is InChI=1S/C41H32Cl3F3N4O6/c1-20-2-9-25(17-31(20)43)50-36(53)28-13-12-27-29(33(28)38(50)55)18-30-37(54)51(49-35-32(44)16-23(19-48-35)41(45,46)47)39(56)40(30,22-5-7-24(42)8-6-22)34(27)21-3-10-26(11-4-21)57-15-14-52/h2-12,16-17,19,28-30,33-34,52H,13-15,18H2,1H3,(H,48,49)/t28-,29+,30-,33-,34-,40+/m0/s1. The Morgan fingerprint density at radius 3 is 2.28 bits per heavy atom. The fourth-order valence-electron chi connectivity index (χ4n) is 9.05. The Morgan fingerprint density at radius 1 is 0.912 bits per heavy atom. The van der Waals surface area contributed by atoms with Crippen LogP contribution in [0.25, 0.3) is 0 Å². The number of hydrazine groups is 1. The van der Waals surface area contributed by atoms with Crippen molar-refractivity contribution in [2.24, 2.45) is 23.7 Å². The van der Waals surface area contributed by atoms with E-state index < -0.39 is 75.4 Å². The zero-order chi connectivity index (χ0) is 40.6. The van der Waals surface area contributed by atoms with E-state index in [1.165, 1.54) is 0 Å². The normalized spacial score (nSPS) is 25.6. The van der Waals surface area contributed by atoms with Gasteiger partial charge in [-0.3, -0.25) is 24.6 Å². The lowest BCUT2D eigenvalue weighted by Crippen LogP contribution is -2.53. The number of pyridine rings is 1. The second kappa shape index (κ2) is 14.5. The van der Waals surface area contributed by atoms with Gasteiger partial charge in [0.15, 0.2) is 5.82 Å². The van der Waals surface area contributed by atoms with Crippen molar-refractivity contribution in [3.63, 3.8) is 0 Å². The minimum absolute atomic E-state index is 0.0306. The van der Waals surface area contributed by atoms with Crippen LogP contribution in [-0.2, 0) is 30.8 Å². The van der Waals surface area contributed by atoms with Gasteiger partial charge in [0.1, 0.15) is 12.4 Å². The number of imide groups is 2. The fourth-order valence-corrected chi connectivity index (χ4v) is 9.56. The Hall–Kier alpha value is -4.95. The number of alkyl halides is 3. The number of amides is 4. The second-order valence-corrected chi connectivity index (χ2v) is 15.8. The Balaban J connectivity index is 1.29. The molecule has 4 aromatic rings. The molecule has 1 saturated carbocycles. The summed E-state index contributed by atoms with van der Waals surface area (Å²) >= 11 is 19.0. The third-order valence-corrected chi connectivity index (χ3v) is 12.5. The number of hydrogen-bond donors (Lipinski definition) is 2. The van der Waals surface area contributed by atoms with E-state index in [4.69, 9.17) is 39.5 Å². The number of benzene rings is 3. The van der Waals surface area contributed by atoms with Crippen LogP contribution >= 0.6 is 34.8 Å². The number of rotatable bonds is 8. The van der Waals surface area contributed by atoms with E-state index in [0.29, 0.717) is 50.4 Å². The fraction of sp³-hybridized carbons (Fsp3) is 0.293. The lowest BCUT2D eigenvalue weighted by atomic mass is 9.49. The molecule has 4 aliphatic rings. The summed E-state index contributed by atoms with van der Waals surface area (Å²) in [7, 11) is 0. The predicted octanol–water partition coefficient (Wildman–Crippen LogP) is 7.93. The molecule has 2 N–H and O–H groups in total. The first-order valence-electron chi connectivity index (χ1n) is 18.0. The van der Waals surface area contributed by atoms with Crippen LogP contribution in [0.1, 0.15) is 41.0 Å². The monoisotopic (exact) mass is 838 g/mol. The molecule has 294 valence electrons. The quantitative estimate of drug-likeness (QED) is 0.135. The lowest BCUT2D eigenvalue weighted by Gasteiger charge is -2.50. The first kappa shape index (κ1) is 38.9. The van der Waals surface area contributed by atoms with Crippen molar-refractivity contribution in [3.8, 4) is 5.75 Å². The number of aliphatic hydroxyl groups excluding tert-OH is 1. The van der Waals surface area contributed by atoms with Gasteiger partial charge in [-0.1, -0.05) is 76.8 Å². The molecule has 0 spiro atoms. The number of hydrogen-bond acceptors (Lipinski definition) is 8. The average molecular weight is 840 g/mol. The van der Waals surface area contributed by atoms with Crippen molar-refractivity contribution >= 4 is 69.9 Å². The molecule has 1 aromatic heterocycles. The van der Waals surface area contributed by atoms with Crippen molar-refractivity contribution < 1.29 is 42.2 Å². The third-order valence-electron chi connectivity index (χ3n) is 11.5. The maximum Gasteiger partial charge on any atom is 0.417 e. The molecular weight excluding hydrogens is 808 g/mol. The minimum Gasteiger partial charge on any atom is -0.491 e. The summed E-state index contributed by atoms with van der Waals surface area (Å²) < 4.78 is 46.1. The number of ether oxygens (including phenoxy) is 1. The summed E-state index contributed by atoms with van der Waals surface area (Å²) in [6, 6.07) is 18.9. The maximum atomic E-state index is 15.3. The number of carbonyl (C=O) groups is 4. The summed E-state index contributed by atoms with van der Waals surface area (Å²) in [5, 5.41) is 10.3. The molecule has 0 bridgehead atoms. The first-order valence-corrected chi connectivity index (χ1v) is 19.1. The first-order chi connectivity index (χ1) is 27.2. The number of anilines is 2. The van der Waals surface area contributed by atoms with E-state index in [1.807, 2.05) is 6.08 Å². The number of nitrogens with one attached hydrogen (secondary N) is 1. The van der Waals surface area contributed by atoms with Crippen molar-refractivity contribution in [1.82, 2.24) is 9.99 Å². The summed E-state index contributed by atoms with van der Waals surface area (Å²) in [5.74, 6) is -6.72. The summed E-state index contributed by atoms with van der Waals surface area (Å²) in [6.07, 6.45) is -2.19. The zero-order valence-electron chi connectivity index (χ0n) is 29.9. The molecule has 0 radical (unpaired) electrons. The predicted molar refractivity (Wildman–Crippen MR) is 205 cm³/mol. The van der Waals surface area contributed by atoms with E-state index >= 15 is 4.79 Å². The van der Waals surface area contributed by atoms with Crippen molar-refractivity contribution in [2.75, 3.05) is 23.5 Å². The van der Waals surface area contributed by atoms with E-state index in [2.05, 4.69) is 10.4 Å². The molecule has 2 aliphatic carbocycles. The highest BCUT2D eigenvalue weighted by atomic mass is 35.5. The van der Waals surface area contributed by atoms with Gasteiger partial charge in [0.25, 0.3) is 11.8 Å². The Labute approximate surface area is 339 Å².